The molecule has 88 valence electrons. The van der Waals surface area contributed by atoms with E-state index < -0.39 is 0 Å². The second-order valence-corrected chi connectivity index (χ2v) is 6.03. The summed E-state index contributed by atoms with van der Waals surface area (Å²) < 4.78 is 1.06. The van der Waals surface area contributed by atoms with Gasteiger partial charge in [0.1, 0.15) is 0 Å². The van der Waals surface area contributed by atoms with Gasteiger partial charge in [-0.2, -0.15) is 0 Å². The molecule has 3 nitrogen and oxygen atoms in total. The Kier molecular flexibility index (Phi) is 4.00. The average Bonchev–Trinajstić information content (AvgIpc) is 3.00. The minimum absolute atomic E-state index is 0.0479. The molecule has 1 amide bonds. The van der Waals surface area contributed by atoms with E-state index in [1.54, 1.807) is 11.3 Å². The van der Waals surface area contributed by atoms with Gasteiger partial charge in [0.25, 0.3) is 0 Å². The van der Waals surface area contributed by atoms with Crippen LogP contribution in [0.3, 0.4) is 0 Å². The zero-order chi connectivity index (χ0) is 11.5. The fraction of sp³-hybridized carbons (Fsp3) is 0.545. The van der Waals surface area contributed by atoms with Crippen molar-refractivity contribution in [1.29, 1.82) is 0 Å². The monoisotopic (exact) mass is 302 g/mol. The number of hydrogen-bond acceptors (Lipinski definition) is 3. The van der Waals surface area contributed by atoms with Crippen molar-refractivity contribution >= 4 is 33.2 Å². The molecule has 2 rings (SSSR count). The number of thiophene rings is 1. The van der Waals surface area contributed by atoms with Crippen molar-refractivity contribution in [3.8, 4) is 0 Å². The predicted octanol–water partition coefficient (Wildman–Crippen LogP) is 2.25. The van der Waals surface area contributed by atoms with Crippen LogP contribution in [0.4, 0.5) is 0 Å². The predicted molar refractivity (Wildman–Crippen MR) is 69.2 cm³/mol. The molecule has 1 aliphatic rings. The zero-order valence-electron chi connectivity index (χ0n) is 8.91. The van der Waals surface area contributed by atoms with Crippen LogP contribution in [0.5, 0.6) is 0 Å². The number of hydrogen-bond donors (Lipinski definition) is 2. The molecule has 1 heterocycles. The van der Waals surface area contributed by atoms with Crippen molar-refractivity contribution in [2.24, 2.45) is 11.7 Å². The standard InChI is InChI=1S/C11H15BrN2OS/c12-8-3-4-16-10(8)6-14-11(15)5-9(13)7-1-2-7/h3-4,7,9H,1-2,5-6,13H2,(H,14,15). The summed E-state index contributed by atoms with van der Waals surface area (Å²) in [6.07, 6.45) is 2.82. The number of nitrogens with two attached hydrogens (primary N) is 1. The van der Waals surface area contributed by atoms with E-state index in [0.29, 0.717) is 18.9 Å². The maximum absolute atomic E-state index is 11.6. The maximum atomic E-state index is 11.6. The van der Waals surface area contributed by atoms with Gasteiger partial charge in [0.2, 0.25) is 5.91 Å². The minimum Gasteiger partial charge on any atom is -0.351 e. The molecule has 5 heteroatoms. The van der Waals surface area contributed by atoms with Crippen LogP contribution >= 0.6 is 27.3 Å². The Morgan fingerprint density at radius 2 is 2.44 bits per heavy atom. The van der Waals surface area contributed by atoms with Crippen LogP contribution in [-0.4, -0.2) is 11.9 Å². The summed E-state index contributed by atoms with van der Waals surface area (Å²) in [7, 11) is 0. The highest BCUT2D eigenvalue weighted by molar-refractivity contribution is 9.10. The van der Waals surface area contributed by atoms with Crippen LogP contribution in [0.15, 0.2) is 15.9 Å². The third kappa shape index (κ3) is 3.30. The Morgan fingerprint density at radius 3 is 3.00 bits per heavy atom. The molecule has 0 aliphatic heterocycles. The summed E-state index contributed by atoms with van der Waals surface area (Å²) >= 11 is 5.07. The number of carbonyl (C=O) groups excluding carboxylic acids is 1. The molecule has 1 unspecified atom stereocenters. The molecule has 1 aromatic heterocycles. The van der Waals surface area contributed by atoms with Crippen LogP contribution in [0.1, 0.15) is 24.1 Å². The van der Waals surface area contributed by atoms with Gasteiger partial charge in [-0.25, -0.2) is 0 Å². The van der Waals surface area contributed by atoms with Gasteiger partial charge in [0, 0.05) is 21.8 Å². The normalized spacial score (nSPS) is 17.1. The van der Waals surface area contributed by atoms with Gasteiger partial charge in [-0.15, -0.1) is 11.3 Å². The number of amides is 1. The molecule has 1 fully saturated rings. The highest BCUT2D eigenvalue weighted by Crippen LogP contribution is 2.32. The van der Waals surface area contributed by atoms with E-state index in [1.807, 2.05) is 11.4 Å². The van der Waals surface area contributed by atoms with Gasteiger partial charge in [-0.05, 0) is 46.1 Å². The summed E-state index contributed by atoms with van der Waals surface area (Å²) in [5.41, 5.74) is 5.89. The molecule has 0 bridgehead atoms. The number of nitrogens with one attached hydrogen (secondary N) is 1. The first-order chi connectivity index (χ1) is 7.66. The summed E-state index contributed by atoms with van der Waals surface area (Å²) in [5, 5.41) is 4.90. The lowest BCUT2D eigenvalue weighted by Crippen LogP contribution is -2.32. The number of halogens is 1. The van der Waals surface area contributed by atoms with Crippen molar-refractivity contribution in [2.45, 2.75) is 31.8 Å². The molecule has 0 spiro atoms. The summed E-state index contributed by atoms with van der Waals surface area (Å²) in [5.74, 6) is 0.638. The Balaban J connectivity index is 1.73. The molecular weight excluding hydrogens is 288 g/mol. The van der Waals surface area contributed by atoms with Gasteiger partial charge >= 0.3 is 0 Å². The Morgan fingerprint density at radius 1 is 1.69 bits per heavy atom. The van der Waals surface area contributed by atoms with E-state index in [0.717, 1.165) is 9.35 Å². The van der Waals surface area contributed by atoms with Gasteiger partial charge in [0.15, 0.2) is 0 Å². The maximum Gasteiger partial charge on any atom is 0.221 e. The van der Waals surface area contributed by atoms with Crippen molar-refractivity contribution in [3.63, 3.8) is 0 Å². The van der Waals surface area contributed by atoms with Crippen molar-refractivity contribution in [2.75, 3.05) is 0 Å². The number of carbonyl (C=O) groups is 1. The topological polar surface area (TPSA) is 55.1 Å². The molecule has 1 saturated carbocycles. The fourth-order valence-corrected chi connectivity index (χ4v) is 3.04. The van der Waals surface area contributed by atoms with E-state index >= 15 is 0 Å². The molecule has 1 atom stereocenters. The first kappa shape index (κ1) is 12.1. The second kappa shape index (κ2) is 5.29. The van der Waals surface area contributed by atoms with E-state index in [-0.39, 0.29) is 11.9 Å². The van der Waals surface area contributed by atoms with Gasteiger partial charge < -0.3 is 11.1 Å². The highest BCUT2D eigenvalue weighted by atomic mass is 79.9. The first-order valence-electron chi connectivity index (χ1n) is 5.41. The molecule has 1 aromatic rings. The largest absolute Gasteiger partial charge is 0.351 e. The van der Waals surface area contributed by atoms with E-state index in [2.05, 4.69) is 21.2 Å². The first-order valence-corrected chi connectivity index (χ1v) is 7.08. The fourth-order valence-electron chi connectivity index (χ4n) is 1.61. The summed E-state index contributed by atoms with van der Waals surface area (Å²) in [4.78, 5) is 12.7. The van der Waals surface area contributed by atoms with Crippen molar-refractivity contribution < 1.29 is 4.79 Å². The average molecular weight is 303 g/mol. The Hall–Kier alpha value is -0.390. The van der Waals surface area contributed by atoms with Crippen molar-refractivity contribution in [3.05, 3.63) is 20.8 Å². The van der Waals surface area contributed by atoms with Gasteiger partial charge in [0.05, 0.1) is 6.54 Å². The van der Waals surface area contributed by atoms with E-state index in [1.165, 1.54) is 12.8 Å². The lowest BCUT2D eigenvalue weighted by atomic mass is 10.1. The molecule has 3 N–H and O–H groups in total. The van der Waals surface area contributed by atoms with E-state index in [4.69, 9.17) is 5.73 Å². The molecule has 0 radical (unpaired) electrons. The van der Waals surface area contributed by atoms with Crippen LogP contribution in [0.2, 0.25) is 0 Å². The van der Waals surface area contributed by atoms with Crippen LogP contribution < -0.4 is 11.1 Å². The Bertz CT molecular complexity index is 376. The molecule has 1 aliphatic carbocycles. The van der Waals surface area contributed by atoms with Gasteiger partial charge in [-0.1, -0.05) is 0 Å². The molecular formula is C11H15BrN2OS. The van der Waals surface area contributed by atoms with Crippen LogP contribution in [0, 0.1) is 5.92 Å². The van der Waals surface area contributed by atoms with Crippen LogP contribution in [0.25, 0.3) is 0 Å². The lowest BCUT2D eigenvalue weighted by Gasteiger charge is -2.10. The molecule has 0 aromatic carbocycles. The van der Waals surface area contributed by atoms with Crippen molar-refractivity contribution in [1.82, 2.24) is 5.32 Å². The van der Waals surface area contributed by atoms with Crippen LogP contribution in [-0.2, 0) is 11.3 Å². The smallest absolute Gasteiger partial charge is 0.221 e. The highest BCUT2D eigenvalue weighted by Gasteiger charge is 2.29. The second-order valence-electron chi connectivity index (χ2n) is 4.17. The quantitative estimate of drug-likeness (QED) is 0.876. The van der Waals surface area contributed by atoms with E-state index in [9.17, 15) is 4.79 Å². The third-order valence-corrected chi connectivity index (χ3v) is 4.71. The summed E-state index contributed by atoms with van der Waals surface area (Å²) in [6, 6.07) is 2.04. The zero-order valence-corrected chi connectivity index (χ0v) is 11.3. The molecule has 16 heavy (non-hydrogen) atoms. The summed E-state index contributed by atoms with van der Waals surface area (Å²) in [6.45, 7) is 0.592. The molecule has 0 saturated heterocycles. The lowest BCUT2D eigenvalue weighted by molar-refractivity contribution is -0.121. The third-order valence-electron chi connectivity index (χ3n) is 2.79. The Labute approximate surface area is 108 Å². The minimum atomic E-state index is 0.0479. The SMILES string of the molecule is NC(CC(=O)NCc1sccc1Br)C1CC1. The number of rotatable bonds is 5. The van der Waals surface area contributed by atoms with Gasteiger partial charge in [-0.3, -0.25) is 4.79 Å².